The molecule has 2 N–H and O–H groups in total. The third-order valence-corrected chi connectivity index (χ3v) is 5.23. The van der Waals surface area contributed by atoms with Crippen LogP contribution >= 0.6 is 0 Å². The maximum Gasteiger partial charge on any atom is 0.340 e. The lowest BCUT2D eigenvalue weighted by atomic mass is 9.87. The maximum atomic E-state index is 12.9. The molecule has 4 rings (SSSR count). The normalized spacial score (nSPS) is 14.6. The number of fused-ring (bicyclic) bond motifs is 4. The van der Waals surface area contributed by atoms with Crippen molar-refractivity contribution < 1.29 is 20.1 Å². The van der Waals surface area contributed by atoms with E-state index in [9.17, 15) is 24.9 Å². The summed E-state index contributed by atoms with van der Waals surface area (Å²) in [5.41, 5.74) is -0.698. The lowest BCUT2D eigenvalue weighted by molar-refractivity contribution is -0.387. The highest BCUT2D eigenvalue weighted by Gasteiger charge is 2.40. The lowest BCUT2D eigenvalue weighted by Gasteiger charge is -2.26. The Kier molecular flexibility index (Phi) is 3.87. The second-order valence-corrected chi connectivity index (χ2v) is 6.67. The van der Waals surface area contributed by atoms with Gasteiger partial charge in [-0.2, -0.15) is 0 Å². The Morgan fingerprint density at radius 1 is 1.33 bits per heavy atom. The van der Waals surface area contributed by atoms with Gasteiger partial charge in [0.2, 0.25) is 0 Å². The van der Waals surface area contributed by atoms with Crippen molar-refractivity contribution in [3.8, 4) is 11.4 Å². The predicted molar refractivity (Wildman–Crippen MR) is 96.1 cm³/mol. The van der Waals surface area contributed by atoms with Gasteiger partial charge in [-0.05, 0) is 24.6 Å². The molecule has 0 radical (unpaired) electrons. The molecule has 0 saturated heterocycles. The molecule has 0 amide bonds. The van der Waals surface area contributed by atoms with Gasteiger partial charge in [0.15, 0.2) is 5.60 Å². The van der Waals surface area contributed by atoms with Crippen molar-refractivity contribution in [1.29, 1.82) is 0 Å². The van der Waals surface area contributed by atoms with Gasteiger partial charge in [-0.3, -0.25) is 4.79 Å². The first-order valence-corrected chi connectivity index (χ1v) is 8.60. The van der Waals surface area contributed by atoms with Crippen molar-refractivity contribution in [2.24, 2.45) is 0 Å². The van der Waals surface area contributed by atoms with Gasteiger partial charge in [-0.15, -0.1) is 6.61 Å². The smallest absolute Gasteiger partial charge is 0.340 e. The van der Waals surface area contributed by atoms with Crippen LogP contribution in [-0.2, 0) is 23.5 Å². The topological polar surface area (TPSA) is 115 Å². The summed E-state index contributed by atoms with van der Waals surface area (Å²) >= 11 is 0. The van der Waals surface area contributed by atoms with E-state index in [-0.39, 0.29) is 24.1 Å². The van der Waals surface area contributed by atoms with Gasteiger partial charge in [0.05, 0.1) is 23.4 Å². The Hall–Kier alpha value is -3.03. The van der Waals surface area contributed by atoms with Crippen LogP contribution in [-0.4, -0.2) is 25.7 Å². The molecule has 138 valence electrons. The molecule has 1 aliphatic rings. The summed E-state index contributed by atoms with van der Waals surface area (Å²) in [6, 6.07) is 10.9. The van der Waals surface area contributed by atoms with Gasteiger partial charge in [0.1, 0.15) is 0 Å². The number of carboxylic acid groups (broad SMARTS) is 1. The largest absolute Gasteiger partial charge is 0.851 e. The molecule has 7 heteroatoms. The fraction of sp³-hybridized carbons (Fsp3) is 0.250. The zero-order valence-corrected chi connectivity index (χ0v) is 14.6. The Morgan fingerprint density at radius 3 is 2.74 bits per heavy atom. The number of hydrogen-bond donors (Lipinski definition) is 2. The van der Waals surface area contributed by atoms with Gasteiger partial charge in [0.25, 0.3) is 5.56 Å². The Labute approximate surface area is 154 Å². The number of aliphatic carboxylic acids is 1. The number of aromatic nitrogens is 2. The van der Waals surface area contributed by atoms with E-state index in [2.05, 4.69) is 4.98 Å². The van der Waals surface area contributed by atoms with E-state index in [4.69, 9.17) is 0 Å². The Balaban J connectivity index is 2.03. The first-order valence-electron chi connectivity index (χ1n) is 8.60. The zero-order valence-electron chi connectivity index (χ0n) is 14.6. The average molecular weight is 365 g/mol. The molecule has 0 bridgehead atoms. The van der Waals surface area contributed by atoms with Crippen LogP contribution in [0.5, 0.6) is 0 Å². The summed E-state index contributed by atoms with van der Waals surface area (Å²) in [6.07, 6.45) is -0.170. The van der Waals surface area contributed by atoms with Crippen molar-refractivity contribution in [2.75, 3.05) is 0 Å². The van der Waals surface area contributed by atoms with E-state index in [1.807, 2.05) is 30.3 Å². The van der Waals surface area contributed by atoms with Gasteiger partial charge in [0, 0.05) is 22.1 Å². The fourth-order valence-corrected chi connectivity index (χ4v) is 3.68. The molecule has 7 nitrogen and oxygen atoms in total. The molecule has 2 aromatic heterocycles. The minimum atomic E-state index is -2.30. The van der Waals surface area contributed by atoms with Crippen LogP contribution in [0.3, 0.4) is 0 Å². The maximum absolute atomic E-state index is 12.9. The molecule has 3 heterocycles. The number of carbonyl (C=O) groups is 1. The zero-order chi connectivity index (χ0) is 19.3. The standard InChI is InChI=1S/C20H17N2O5/c1-2-20(27,19(25)26)14-8-16-17-12(9-22(16)18(24)13(14)10-23)7-11-5-3-4-6-15(11)21-17/h3-8,27H,2,9-10H2,1H3,(H,25,26)/q-1/t20-/m0/s1. The molecule has 0 unspecified atom stereocenters. The summed E-state index contributed by atoms with van der Waals surface area (Å²) in [7, 11) is 0. The second-order valence-electron chi connectivity index (χ2n) is 6.67. The number of aliphatic hydroxyl groups is 1. The van der Waals surface area contributed by atoms with E-state index < -0.39 is 23.7 Å². The molecule has 0 fully saturated rings. The van der Waals surface area contributed by atoms with E-state index in [0.29, 0.717) is 11.4 Å². The number of pyridine rings is 2. The first-order chi connectivity index (χ1) is 12.9. The number of benzene rings is 1. The van der Waals surface area contributed by atoms with Crippen LogP contribution in [0.4, 0.5) is 0 Å². The number of rotatable bonds is 4. The summed E-state index contributed by atoms with van der Waals surface area (Å²) in [6.45, 7) is 0.843. The summed E-state index contributed by atoms with van der Waals surface area (Å²) in [5, 5.41) is 32.8. The summed E-state index contributed by atoms with van der Waals surface area (Å²) in [4.78, 5) is 29.2. The molecule has 0 saturated carbocycles. The average Bonchev–Trinajstić information content (AvgIpc) is 3.03. The van der Waals surface area contributed by atoms with Gasteiger partial charge >= 0.3 is 5.97 Å². The van der Waals surface area contributed by atoms with Crippen molar-refractivity contribution in [3.63, 3.8) is 0 Å². The summed E-state index contributed by atoms with van der Waals surface area (Å²) in [5.74, 6) is -1.49. The van der Waals surface area contributed by atoms with Crippen LogP contribution in [0, 0.1) is 0 Å². The van der Waals surface area contributed by atoms with Gasteiger partial charge in [-0.25, -0.2) is 9.78 Å². The molecule has 0 spiro atoms. The molecule has 1 atom stereocenters. The number of carboxylic acids is 1. The highest BCUT2D eigenvalue weighted by molar-refractivity contribution is 5.85. The number of hydrogen-bond acceptors (Lipinski definition) is 5. The highest BCUT2D eigenvalue weighted by atomic mass is 16.4. The van der Waals surface area contributed by atoms with Gasteiger partial charge < -0.3 is 19.9 Å². The predicted octanol–water partition coefficient (Wildman–Crippen LogP) is 0.968. The molecular formula is C20H17N2O5-. The van der Waals surface area contributed by atoms with Crippen LogP contribution in [0.25, 0.3) is 22.3 Å². The molecule has 0 aliphatic carbocycles. The lowest BCUT2D eigenvalue weighted by Crippen LogP contribution is -2.40. The third-order valence-electron chi connectivity index (χ3n) is 5.23. The van der Waals surface area contributed by atoms with Crippen molar-refractivity contribution in [3.05, 3.63) is 63.4 Å². The minimum absolute atomic E-state index is 0.147. The Morgan fingerprint density at radius 2 is 2.07 bits per heavy atom. The van der Waals surface area contributed by atoms with E-state index in [0.717, 1.165) is 16.5 Å². The van der Waals surface area contributed by atoms with Crippen molar-refractivity contribution in [2.45, 2.75) is 32.1 Å². The third kappa shape index (κ3) is 2.39. The van der Waals surface area contributed by atoms with Crippen molar-refractivity contribution >= 4 is 16.9 Å². The quantitative estimate of drug-likeness (QED) is 0.557. The Bertz CT molecular complexity index is 1150. The molecule has 1 aromatic carbocycles. The highest BCUT2D eigenvalue weighted by Crippen LogP contribution is 2.36. The monoisotopic (exact) mass is 365 g/mol. The molecule has 3 aromatic rings. The van der Waals surface area contributed by atoms with Crippen LogP contribution in [0.2, 0.25) is 0 Å². The van der Waals surface area contributed by atoms with Crippen LogP contribution in [0.15, 0.2) is 41.2 Å². The van der Waals surface area contributed by atoms with E-state index >= 15 is 0 Å². The SMILES string of the molecule is CC[C@@](O)(C(=O)O)c1cc2n(c(=O)c1C[O-])Cc1cc3ccccc3nc1-2. The molecule has 1 aliphatic heterocycles. The second kappa shape index (κ2) is 6.00. The number of para-hydroxylation sites is 1. The van der Waals surface area contributed by atoms with Crippen LogP contribution < -0.4 is 10.7 Å². The van der Waals surface area contributed by atoms with Crippen molar-refractivity contribution in [1.82, 2.24) is 9.55 Å². The fourth-order valence-electron chi connectivity index (χ4n) is 3.68. The number of nitrogens with zero attached hydrogens (tertiary/aromatic N) is 2. The minimum Gasteiger partial charge on any atom is -0.851 e. The molecular weight excluding hydrogens is 348 g/mol. The van der Waals surface area contributed by atoms with Crippen LogP contribution in [0.1, 0.15) is 30.0 Å². The molecule has 27 heavy (non-hydrogen) atoms. The summed E-state index contributed by atoms with van der Waals surface area (Å²) < 4.78 is 1.42. The van der Waals surface area contributed by atoms with E-state index in [1.54, 1.807) is 0 Å². The van der Waals surface area contributed by atoms with E-state index in [1.165, 1.54) is 17.6 Å². The van der Waals surface area contributed by atoms with Gasteiger partial charge in [-0.1, -0.05) is 25.1 Å². The first kappa shape index (κ1) is 17.4.